The number of carbonyl (C=O) groups is 3. The van der Waals surface area contributed by atoms with Crippen molar-refractivity contribution in [2.75, 3.05) is 14.1 Å². The average Bonchev–Trinajstić information content (AvgIpc) is 3.06. The molecule has 0 unspecified atom stereocenters. The zero-order valence-electron chi connectivity index (χ0n) is 18.6. The van der Waals surface area contributed by atoms with Crippen LogP contribution in [0.25, 0.3) is 0 Å². The Morgan fingerprint density at radius 3 is 2.48 bits per heavy atom. The van der Waals surface area contributed by atoms with Crippen LogP contribution in [0.3, 0.4) is 0 Å². The second-order valence-corrected chi connectivity index (χ2v) is 8.90. The van der Waals surface area contributed by atoms with Crippen LogP contribution in [0.1, 0.15) is 47.6 Å². The zero-order chi connectivity index (χ0) is 23.8. The first-order chi connectivity index (χ1) is 15.7. The summed E-state index contributed by atoms with van der Waals surface area (Å²) in [7, 11) is 2.96. The van der Waals surface area contributed by atoms with Crippen molar-refractivity contribution >= 4 is 17.7 Å². The molecule has 2 aromatic rings. The Morgan fingerprint density at radius 2 is 1.85 bits per heavy atom. The Hall–Kier alpha value is -3.69. The molecular formula is C23H27N5O5. The molecule has 0 saturated heterocycles. The number of rotatable bonds is 4. The lowest BCUT2D eigenvalue weighted by Crippen LogP contribution is -2.53. The molecule has 174 valence electrons. The van der Waals surface area contributed by atoms with E-state index in [0.29, 0.717) is 19.4 Å². The van der Waals surface area contributed by atoms with Crippen molar-refractivity contribution in [2.45, 2.75) is 44.3 Å². The highest BCUT2D eigenvalue weighted by Gasteiger charge is 2.46. The van der Waals surface area contributed by atoms with Crippen LogP contribution in [0.2, 0.25) is 0 Å². The van der Waals surface area contributed by atoms with Gasteiger partial charge in [-0.25, -0.2) is 4.98 Å². The summed E-state index contributed by atoms with van der Waals surface area (Å²) >= 11 is 0. The van der Waals surface area contributed by atoms with E-state index in [2.05, 4.69) is 15.6 Å². The van der Waals surface area contributed by atoms with Gasteiger partial charge in [-0.15, -0.1) is 0 Å². The summed E-state index contributed by atoms with van der Waals surface area (Å²) in [6.45, 7) is 0.528. The third-order valence-corrected chi connectivity index (χ3v) is 6.44. The zero-order valence-corrected chi connectivity index (χ0v) is 18.6. The maximum absolute atomic E-state index is 13.1. The van der Waals surface area contributed by atoms with Gasteiger partial charge in [0.15, 0.2) is 5.69 Å². The Labute approximate surface area is 190 Å². The highest BCUT2D eigenvalue weighted by molar-refractivity contribution is 6.35. The van der Waals surface area contributed by atoms with Gasteiger partial charge in [-0.2, -0.15) is 0 Å². The lowest BCUT2D eigenvalue weighted by atomic mass is 9.77. The number of benzene rings is 1. The Kier molecular flexibility index (Phi) is 5.92. The monoisotopic (exact) mass is 453 g/mol. The van der Waals surface area contributed by atoms with Crippen molar-refractivity contribution in [1.29, 1.82) is 0 Å². The van der Waals surface area contributed by atoms with Crippen molar-refractivity contribution < 1.29 is 19.5 Å². The lowest BCUT2D eigenvalue weighted by molar-refractivity contribution is -0.145. The van der Waals surface area contributed by atoms with Gasteiger partial charge < -0.3 is 20.6 Å². The van der Waals surface area contributed by atoms with E-state index in [1.165, 1.54) is 23.6 Å². The molecule has 1 aromatic heterocycles. The van der Waals surface area contributed by atoms with Crippen LogP contribution in [0.5, 0.6) is 5.75 Å². The number of fused-ring (bicyclic) bond motifs is 2. The molecule has 0 spiro atoms. The average molecular weight is 453 g/mol. The number of hydrogen-bond donors (Lipinski definition) is 3. The summed E-state index contributed by atoms with van der Waals surface area (Å²) in [4.78, 5) is 56.4. The molecule has 1 aromatic carbocycles. The summed E-state index contributed by atoms with van der Waals surface area (Å²) < 4.78 is 1.34. The van der Waals surface area contributed by atoms with Crippen molar-refractivity contribution in [3.63, 3.8) is 0 Å². The van der Waals surface area contributed by atoms with Gasteiger partial charge in [0.2, 0.25) is 5.75 Å². The van der Waals surface area contributed by atoms with E-state index < -0.39 is 34.6 Å². The molecule has 1 fully saturated rings. The van der Waals surface area contributed by atoms with Crippen LogP contribution < -0.4 is 16.2 Å². The maximum Gasteiger partial charge on any atom is 0.311 e. The second kappa shape index (κ2) is 8.68. The third-order valence-electron chi connectivity index (χ3n) is 6.44. The van der Waals surface area contributed by atoms with E-state index in [9.17, 15) is 24.3 Å². The molecule has 5 rings (SSSR count). The molecule has 2 bridgehead atoms. The lowest BCUT2D eigenvalue weighted by Gasteiger charge is -2.37. The summed E-state index contributed by atoms with van der Waals surface area (Å²) in [5.41, 5.74) is -1.34. The number of likely N-dealkylation sites (N-methyl/N-ethyl adjacent to an activating group) is 1. The summed E-state index contributed by atoms with van der Waals surface area (Å²) in [6.07, 6.45) is 2.39. The quantitative estimate of drug-likeness (QED) is 0.577. The van der Waals surface area contributed by atoms with E-state index in [4.69, 9.17) is 0 Å². The minimum absolute atomic E-state index is 0.178. The fourth-order valence-corrected chi connectivity index (χ4v) is 4.59. The Morgan fingerprint density at radius 1 is 1.18 bits per heavy atom. The van der Waals surface area contributed by atoms with Crippen molar-refractivity contribution in [3.05, 3.63) is 57.8 Å². The Balaban J connectivity index is 1.72. The van der Waals surface area contributed by atoms with E-state index in [1.54, 1.807) is 0 Å². The second-order valence-electron chi connectivity index (χ2n) is 8.90. The number of nitrogens with zero attached hydrogens (tertiary/aromatic N) is 3. The first-order valence-electron chi connectivity index (χ1n) is 10.9. The molecule has 10 nitrogen and oxygen atoms in total. The van der Waals surface area contributed by atoms with Gasteiger partial charge >= 0.3 is 11.8 Å². The number of amides is 3. The van der Waals surface area contributed by atoms with Gasteiger partial charge in [0.25, 0.3) is 11.5 Å². The molecule has 1 saturated carbocycles. The molecule has 33 heavy (non-hydrogen) atoms. The number of aromatic nitrogens is 2. The highest BCUT2D eigenvalue weighted by Crippen LogP contribution is 2.42. The van der Waals surface area contributed by atoms with Gasteiger partial charge in [-0.3, -0.25) is 23.7 Å². The molecule has 0 radical (unpaired) electrons. The van der Waals surface area contributed by atoms with E-state index in [1.807, 2.05) is 30.3 Å². The van der Waals surface area contributed by atoms with E-state index in [0.717, 1.165) is 18.4 Å². The minimum Gasteiger partial charge on any atom is -0.501 e. The van der Waals surface area contributed by atoms with Crippen LogP contribution in [-0.2, 0) is 28.2 Å². The Bertz CT molecular complexity index is 1150. The number of hydrogen-bond acceptors (Lipinski definition) is 6. The van der Waals surface area contributed by atoms with Crippen molar-refractivity contribution in [3.8, 4) is 5.75 Å². The van der Waals surface area contributed by atoms with Gasteiger partial charge in [0.1, 0.15) is 5.82 Å². The molecule has 2 aliphatic heterocycles. The smallest absolute Gasteiger partial charge is 0.311 e. The van der Waals surface area contributed by atoms with Gasteiger partial charge in [0.05, 0.1) is 5.54 Å². The first kappa shape index (κ1) is 22.5. The molecule has 3 amide bonds. The molecule has 3 aliphatic rings. The number of nitrogens with one attached hydrogen (secondary N) is 2. The first-order valence-corrected chi connectivity index (χ1v) is 10.9. The van der Waals surface area contributed by atoms with Crippen molar-refractivity contribution in [1.82, 2.24) is 25.1 Å². The fraction of sp³-hybridized carbons (Fsp3) is 0.435. The van der Waals surface area contributed by atoms with Crippen LogP contribution in [0, 0.1) is 5.92 Å². The van der Waals surface area contributed by atoms with Gasteiger partial charge in [0, 0.05) is 27.2 Å². The summed E-state index contributed by atoms with van der Waals surface area (Å²) in [5.74, 6) is -2.56. The van der Waals surface area contributed by atoms with E-state index in [-0.39, 0.29) is 24.0 Å². The van der Waals surface area contributed by atoms with Crippen LogP contribution >= 0.6 is 0 Å². The predicted molar refractivity (Wildman–Crippen MR) is 118 cm³/mol. The van der Waals surface area contributed by atoms with Gasteiger partial charge in [-0.1, -0.05) is 30.3 Å². The minimum atomic E-state index is -1.07. The number of aromatic hydroxyl groups is 1. The van der Waals surface area contributed by atoms with Gasteiger partial charge in [-0.05, 0) is 37.2 Å². The summed E-state index contributed by atoms with van der Waals surface area (Å²) in [6, 6.07) is 9.21. The van der Waals surface area contributed by atoms with E-state index >= 15 is 0 Å². The largest absolute Gasteiger partial charge is 0.501 e. The maximum atomic E-state index is 13.1. The topological polar surface area (TPSA) is 134 Å². The molecular weight excluding hydrogens is 426 g/mol. The third kappa shape index (κ3) is 4.20. The molecule has 3 N–H and O–H groups in total. The SMILES string of the molecule is CN(C)C(=O)C(=O)NC12CCC(CC1)Cn1c2nc(C(=O)NCc2ccccc2)c(O)c1=O. The highest BCUT2D eigenvalue weighted by atomic mass is 16.3. The summed E-state index contributed by atoms with van der Waals surface area (Å²) in [5, 5.41) is 16.0. The molecule has 0 atom stereocenters. The predicted octanol–water partition coefficient (Wildman–Crippen LogP) is 0.482. The molecule has 10 heteroatoms. The fourth-order valence-electron chi connectivity index (χ4n) is 4.59. The molecule has 1 aliphatic carbocycles. The number of carbonyl (C=O) groups excluding carboxylic acids is 3. The van der Waals surface area contributed by atoms with Crippen LogP contribution in [0.15, 0.2) is 35.1 Å². The normalized spacial score (nSPS) is 21.0. The standard InChI is InChI=1S/C23H27N5O5/c1-27(2)21(33)19(31)26-23-10-8-15(9-11-23)13-28-20(32)17(29)16(25-22(23)28)18(30)24-12-14-6-4-3-5-7-14/h3-7,15,29H,8-13H2,1-2H3,(H,24,30)(H,26,31). The van der Waals surface area contributed by atoms with Crippen LogP contribution in [-0.4, -0.2) is 51.4 Å². The molecule has 3 heterocycles. The van der Waals surface area contributed by atoms with Crippen molar-refractivity contribution in [2.24, 2.45) is 5.92 Å². The van der Waals surface area contributed by atoms with Crippen LogP contribution in [0.4, 0.5) is 0 Å².